The molecule has 0 unspecified atom stereocenters. The van der Waals surface area contributed by atoms with Crippen LogP contribution in [-0.2, 0) is 29.1 Å². The Balaban J connectivity index is 1.29. The van der Waals surface area contributed by atoms with Crippen LogP contribution in [0.25, 0.3) is 17.0 Å². The molecule has 2 aromatic carbocycles. The highest BCUT2D eigenvalue weighted by molar-refractivity contribution is 8.18. The number of hydrogen-bond donors (Lipinski definition) is 1. The molecule has 4 aromatic rings. The molecular weight excluding hydrogens is 490 g/mol. The molecular formula is C28H25N3O3S2. The highest BCUT2D eigenvalue weighted by atomic mass is 32.2. The van der Waals surface area contributed by atoms with Crippen molar-refractivity contribution in [3.05, 3.63) is 99.2 Å². The average molecular weight is 516 g/mol. The molecule has 6 nitrogen and oxygen atoms in total. The molecule has 182 valence electrons. The fourth-order valence-electron chi connectivity index (χ4n) is 4.25. The lowest BCUT2D eigenvalue weighted by Gasteiger charge is -2.12. The maximum absolute atomic E-state index is 13.0. The van der Waals surface area contributed by atoms with Gasteiger partial charge in [0, 0.05) is 34.1 Å². The standard InChI is InChI=1S/C28H25N3O3S2/c32-26(29-17-22-11-7-15-35-22)19-30-18-21(23-12-4-5-13-24(23)30)16-25-27(33)31(28(34)36-25)14-6-10-20-8-2-1-3-9-20/h1-5,7-9,11-13,15-16,18H,6,10,14,17,19H2,(H,29,32)/b25-16-. The van der Waals surface area contributed by atoms with Crippen LogP contribution in [-0.4, -0.2) is 33.1 Å². The molecule has 0 spiro atoms. The molecule has 1 aliphatic rings. The minimum atomic E-state index is -0.261. The van der Waals surface area contributed by atoms with E-state index in [2.05, 4.69) is 5.32 Å². The molecule has 1 saturated heterocycles. The van der Waals surface area contributed by atoms with Crippen molar-refractivity contribution in [2.45, 2.75) is 25.9 Å². The van der Waals surface area contributed by atoms with Crippen LogP contribution in [0.3, 0.4) is 0 Å². The Bertz CT molecular complexity index is 1430. The van der Waals surface area contributed by atoms with Crippen LogP contribution >= 0.6 is 23.1 Å². The lowest BCUT2D eigenvalue weighted by atomic mass is 10.1. The maximum Gasteiger partial charge on any atom is 0.293 e. The molecule has 0 atom stereocenters. The van der Waals surface area contributed by atoms with E-state index in [1.54, 1.807) is 17.4 Å². The SMILES string of the molecule is O=C(Cn1cc(/C=C2\SC(=O)N(CCCc3ccccc3)C2=O)c2ccccc21)NCc1cccs1. The summed E-state index contributed by atoms with van der Waals surface area (Å²) < 4.78 is 1.88. The molecule has 1 aliphatic heterocycles. The van der Waals surface area contributed by atoms with Crippen molar-refractivity contribution in [1.29, 1.82) is 0 Å². The highest BCUT2D eigenvalue weighted by Crippen LogP contribution is 2.34. The van der Waals surface area contributed by atoms with Gasteiger partial charge in [0.25, 0.3) is 11.1 Å². The first kappa shape index (κ1) is 24.1. The summed E-state index contributed by atoms with van der Waals surface area (Å²) in [4.78, 5) is 41.0. The number of rotatable bonds is 9. The third-order valence-corrected chi connectivity index (χ3v) is 7.81. The lowest BCUT2D eigenvalue weighted by molar-refractivity contribution is -0.123. The Kier molecular flexibility index (Phi) is 7.34. The van der Waals surface area contributed by atoms with Crippen LogP contribution < -0.4 is 5.32 Å². The lowest BCUT2D eigenvalue weighted by Crippen LogP contribution is -2.29. The number of benzene rings is 2. The number of aromatic nitrogens is 1. The molecule has 0 bridgehead atoms. The second kappa shape index (κ2) is 11.0. The second-order valence-electron chi connectivity index (χ2n) is 8.51. The van der Waals surface area contributed by atoms with Gasteiger partial charge in [-0.15, -0.1) is 11.3 Å². The van der Waals surface area contributed by atoms with E-state index in [-0.39, 0.29) is 23.6 Å². The topological polar surface area (TPSA) is 71.4 Å². The Morgan fingerprint density at radius 1 is 0.972 bits per heavy atom. The Morgan fingerprint density at radius 2 is 1.78 bits per heavy atom. The van der Waals surface area contributed by atoms with Crippen LogP contribution in [0.2, 0.25) is 0 Å². The van der Waals surface area contributed by atoms with Crippen molar-refractivity contribution in [2.75, 3.05) is 6.54 Å². The zero-order valence-corrected chi connectivity index (χ0v) is 21.2. The normalized spacial score (nSPS) is 14.8. The molecule has 0 aliphatic carbocycles. The van der Waals surface area contributed by atoms with Gasteiger partial charge in [0.05, 0.1) is 11.4 Å². The molecule has 36 heavy (non-hydrogen) atoms. The van der Waals surface area contributed by atoms with Crippen LogP contribution in [0.5, 0.6) is 0 Å². The molecule has 0 radical (unpaired) electrons. The van der Waals surface area contributed by atoms with Gasteiger partial charge in [0.1, 0.15) is 6.54 Å². The van der Waals surface area contributed by atoms with Gasteiger partial charge < -0.3 is 9.88 Å². The van der Waals surface area contributed by atoms with Crippen molar-refractivity contribution in [2.24, 2.45) is 0 Å². The quantitative estimate of drug-likeness (QED) is 0.291. The summed E-state index contributed by atoms with van der Waals surface area (Å²) >= 11 is 2.58. The van der Waals surface area contributed by atoms with E-state index < -0.39 is 0 Å². The zero-order chi connectivity index (χ0) is 24.9. The van der Waals surface area contributed by atoms with Crippen molar-refractivity contribution < 1.29 is 14.4 Å². The van der Waals surface area contributed by atoms with Crippen molar-refractivity contribution in [3.63, 3.8) is 0 Å². The number of fused-ring (bicyclic) bond motifs is 1. The predicted octanol–water partition coefficient (Wildman–Crippen LogP) is 5.69. The first-order valence-electron chi connectivity index (χ1n) is 11.7. The number of imide groups is 1. The van der Waals surface area contributed by atoms with Crippen LogP contribution in [0.1, 0.15) is 22.4 Å². The average Bonchev–Trinajstić information content (AvgIpc) is 3.59. The number of nitrogens with zero attached hydrogens (tertiary/aromatic N) is 2. The fourth-order valence-corrected chi connectivity index (χ4v) is 5.75. The number of thiophene rings is 1. The van der Waals surface area contributed by atoms with E-state index in [1.165, 1.54) is 10.5 Å². The van der Waals surface area contributed by atoms with E-state index in [9.17, 15) is 14.4 Å². The number of para-hydroxylation sites is 1. The van der Waals surface area contributed by atoms with E-state index in [4.69, 9.17) is 0 Å². The van der Waals surface area contributed by atoms with Gasteiger partial charge in [-0.1, -0.05) is 54.6 Å². The summed E-state index contributed by atoms with van der Waals surface area (Å²) in [6, 6.07) is 21.8. The van der Waals surface area contributed by atoms with Gasteiger partial charge in [-0.25, -0.2) is 0 Å². The number of carbonyl (C=O) groups excluding carboxylic acids is 3. The molecule has 8 heteroatoms. The van der Waals surface area contributed by atoms with E-state index >= 15 is 0 Å². The summed E-state index contributed by atoms with van der Waals surface area (Å²) in [5.74, 6) is -0.349. The molecule has 3 amide bonds. The Labute approximate surface area is 217 Å². The van der Waals surface area contributed by atoms with E-state index in [0.717, 1.165) is 45.9 Å². The number of hydrogen-bond acceptors (Lipinski definition) is 5. The first-order chi connectivity index (χ1) is 17.6. The van der Waals surface area contributed by atoms with E-state index in [0.29, 0.717) is 18.0 Å². The van der Waals surface area contributed by atoms with Gasteiger partial charge in [-0.3, -0.25) is 19.3 Å². The third-order valence-electron chi connectivity index (χ3n) is 6.02. The Hall–Kier alpha value is -3.62. The predicted molar refractivity (Wildman–Crippen MR) is 146 cm³/mol. The summed E-state index contributed by atoms with van der Waals surface area (Å²) in [6.07, 6.45) is 5.17. The maximum atomic E-state index is 13.0. The number of nitrogens with one attached hydrogen (secondary N) is 1. The molecule has 1 N–H and O–H groups in total. The monoisotopic (exact) mass is 515 g/mol. The zero-order valence-electron chi connectivity index (χ0n) is 19.6. The number of thioether (sulfide) groups is 1. The van der Waals surface area contributed by atoms with Crippen LogP contribution in [0, 0.1) is 0 Å². The van der Waals surface area contributed by atoms with Crippen LogP contribution in [0.4, 0.5) is 4.79 Å². The number of amides is 3. The molecule has 5 rings (SSSR count). The second-order valence-corrected chi connectivity index (χ2v) is 10.5. The van der Waals surface area contributed by atoms with E-state index in [1.807, 2.05) is 82.9 Å². The molecule has 2 aromatic heterocycles. The summed E-state index contributed by atoms with van der Waals surface area (Å²) in [5.41, 5.74) is 2.90. The molecule has 0 saturated carbocycles. The van der Waals surface area contributed by atoms with Crippen LogP contribution in [0.15, 0.2) is 83.2 Å². The highest BCUT2D eigenvalue weighted by Gasteiger charge is 2.34. The van der Waals surface area contributed by atoms with Gasteiger partial charge in [-0.05, 0) is 53.8 Å². The van der Waals surface area contributed by atoms with Gasteiger partial charge in [0.2, 0.25) is 5.91 Å². The number of aryl methyl sites for hydroxylation is 1. The van der Waals surface area contributed by atoms with Crippen molar-refractivity contribution >= 4 is 57.1 Å². The van der Waals surface area contributed by atoms with Gasteiger partial charge in [0.15, 0.2) is 0 Å². The minimum Gasteiger partial charge on any atom is -0.350 e. The molecule has 3 heterocycles. The first-order valence-corrected chi connectivity index (χ1v) is 13.4. The van der Waals surface area contributed by atoms with Crippen molar-refractivity contribution in [1.82, 2.24) is 14.8 Å². The molecule has 1 fully saturated rings. The fraction of sp³-hybridized carbons (Fsp3) is 0.179. The largest absolute Gasteiger partial charge is 0.350 e. The number of carbonyl (C=O) groups is 3. The summed E-state index contributed by atoms with van der Waals surface area (Å²) in [7, 11) is 0. The Morgan fingerprint density at radius 3 is 2.58 bits per heavy atom. The minimum absolute atomic E-state index is 0.0885. The van der Waals surface area contributed by atoms with Crippen molar-refractivity contribution in [3.8, 4) is 0 Å². The van der Waals surface area contributed by atoms with Gasteiger partial charge in [-0.2, -0.15) is 0 Å². The van der Waals surface area contributed by atoms with Gasteiger partial charge >= 0.3 is 0 Å². The third kappa shape index (κ3) is 5.45. The summed E-state index contributed by atoms with van der Waals surface area (Å²) in [5, 5.41) is 5.63. The smallest absolute Gasteiger partial charge is 0.293 e. The summed E-state index contributed by atoms with van der Waals surface area (Å²) in [6.45, 7) is 1.06.